The summed E-state index contributed by atoms with van der Waals surface area (Å²) in [4.78, 5) is 10.1. The molecule has 0 bridgehead atoms. The lowest BCUT2D eigenvalue weighted by Gasteiger charge is -2.38. The van der Waals surface area contributed by atoms with Crippen molar-refractivity contribution >= 4 is 12.2 Å². The normalized spacial score (nSPS) is 15.9. The van der Waals surface area contributed by atoms with Crippen molar-refractivity contribution < 1.29 is 0 Å². The van der Waals surface area contributed by atoms with E-state index >= 15 is 0 Å². The summed E-state index contributed by atoms with van der Waals surface area (Å²) in [6.45, 7) is 27.2. The van der Waals surface area contributed by atoms with Gasteiger partial charge in [0.15, 0.2) is 11.6 Å². The van der Waals surface area contributed by atoms with Crippen molar-refractivity contribution in [2.24, 2.45) is 0 Å². The van der Waals surface area contributed by atoms with E-state index in [2.05, 4.69) is 276 Å². The van der Waals surface area contributed by atoms with Crippen LogP contribution in [0, 0.1) is 27.7 Å². The van der Waals surface area contributed by atoms with Crippen molar-refractivity contribution in [2.45, 2.75) is 79.3 Å². The molecular formula is C64H76N12. The Kier molecular flexibility index (Phi) is 18.0. The van der Waals surface area contributed by atoms with Gasteiger partial charge in [0.25, 0.3) is 0 Å². The maximum absolute atomic E-state index is 4.62. The molecule has 8 aromatic rings. The van der Waals surface area contributed by atoms with E-state index in [-0.39, 0.29) is 12.1 Å². The van der Waals surface area contributed by atoms with Crippen molar-refractivity contribution in [1.29, 1.82) is 0 Å². The number of tetrazole rings is 2. The minimum Gasteiger partial charge on any atom is -0.297 e. The number of para-hydroxylation sites is 2. The van der Waals surface area contributed by atoms with Crippen molar-refractivity contribution in [2.75, 3.05) is 65.4 Å². The first-order valence-electron chi connectivity index (χ1n) is 27.3. The number of rotatable bonds is 16. The summed E-state index contributed by atoms with van der Waals surface area (Å²) in [6.07, 6.45) is 8.97. The molecule has 2 aliphatic rings. The summed E-state index contributed by atoms with van der Waals surface area (Å²) in [5.41, 5.74) is 14.5. The molecule has 2 aromatic heterocycles. The smallest absolute Gasteiger partial charge is 0.178 e. The van der Waals surface area contributed by atoms with E-state index in [4.69, 9.17) is 0 Å². The lowest BCUT2D eigenvalue weighted by Crippen LogP contribution is -2.48. The Morgan fingerprint density at radius 2 is 0.724 bits per heavy atom. The molecular weight excluding hydrogens is 937 g/mol. The number of hydrogen-bond acceptors (Lipinski definition) is 10. The first kappa shape index (κ1) is 53.6. The monoisotopic (exact) mass is 1010 g/mol. The molecule has 0 amide bonds. The van der Waals surface area contributed by atoms with Crippen LogP contribution >= 0.6 is 0 Å². The van der Waals surface area contributed by atoms with Gasteiger partial charge in [-0.05, 0) is 116 Å². The third-order valence-corrected chi connectivity index (χ3v) is 15.1. The van der Waals surface area contributed by atoms with Gasteiger partial charge in [0, 0.05) is 65.4 Å². The summed E-state index contributed by atoms with van der Waals surface area (Å²) in [5.74, 6) is 2.74. The van der Waals surface area contributed by atoms with Crippen LogP contribution < -0.4 is 0 Å². The Balaban J connectivity index is 0.000000186. The van der Waals surface area contributed by atoms with E-state index in [1.807, 2.05) is 9.36 Å². The predicted molar refractivity (Wildman–Crippen MR) is 309 cm³/mol. The lowest BCUT2D eigenvalue weighted by molar-refractivity contribution is 0.113. The minimum atomic E-state index is -0.0211. The second kappa shape index (κ2) is 25.5. The highest BCUT2D eigenvalue weighted by Crippen LogP contribution is 2.34. The molecule has 392 valence electrons. The SMILES string of the molecule is Cc1cccc(C)c1-n1nnnc1[C@@H](c1ccc(C(C)C)cc1)N1CCN(C/C=C/c2ccccc2)CC1.Cc1cccc(C)c1-n1nnnc1[C@H](c1ccc(C(C)C)cc1)N1CCN(C/C=C/c2ccccc2)CC1. The molecule has 12 heteroatoms. The molecule has 2 atom stereocenters. The summed E-state index contributed by atoms with van der Waals surface area (Å²) in [7, 11) is 0. The van der Waals surface area contributed by atoms with Crippen LogP contribution in [0.1, 0.15) is 119 Å². The minimum absolute atomic E-state index is 0.0211. The first-order chi connectivity index (χ1) is 37.0. The van der Waals surface area contributed by atoms with Gasteiger partial charge in [0.2, 0.25) is 0 Å². The Hall–Kier alpha value is -7.22. The molecule has 4 heterocycles. The average Bonchev–Trinajstić information content (AvgIpc) is 4.12. The fraction of sp³-hybridized carbons (Fsp3) is 0.344. The van der Waals surface area contributed by atoms with Gasteiger partial charge in [-0.2, -0.15) is 9.36 Å². The van der Waals surface area contributed by atoms with Gasteiger partial charge in [0.05, 0.1) is 23.5 Å². The van der Waals surface area contributed by atoms with Crippen molar-refractivity contribution in [3.63, 3.8) is 0 Å². The van der Waals surface area contributed by atoms with Crippen molar-refractivity contribution in [1.82, 2.24) is 60.0 Å². The maximum Gasteiger partial charge on any atom is 0.178 e. The van der Waals surface area contributed by atoms with Crippen molar-refractivity contribution in [3.8, 4) is 11.4 Å². The summed E-state index contributed by atoms with van der Waals surface area (Å²) < 4.78 is 3.92. The van der Waals surface area contributed by atoms with Crippen LogP contribution in [-0.2, 0) is 0 Å². The van der Waals surface area contributed by atoms with E-state index in [0.29, 0.717) is 11.8 Å². The third kappa shape index (κ3) is 13.1. The first-order valence-corrected chi connectivity index (χ1v) is 27.3. The Morgan fingerprint density at radius 3 is 1.05 bits per heavy atom. The second-order valence-corrected chi connectivity index (χ2v) is 21.1. The molecule has 0 radical (unpaired) electrons. The largest absolute Gasteiger partial charge is 0.297 e. The summed E-state index contributed by atoms with van der Waals surface area (Å²) >= 11 is 0. The van der Waals surface area contributed by atoms with Gasteiger partial charge in [-0.25, -0.2) is 0 Å². The zero-order chi connectivity index (χ0) is 53.0. The van der Waals surface area contributed by atoms with Gasteiger partial charge in [-0.3, -0.25) is 19.6 Å². The van der Waals surface area contributed by atoms with Crippen LogP contribution in [0.25, 0.3) is 23.5 Å². The van der Waals surface area contributed by atoms with Gasteiger partial charge >= 0.3 is 0 Å². The van der Waals surface area contributed by atoms with Crippen LogP contribution in [0.2, 0.25) is 0 Å². The fourth-order valence-electron chi connectivity index (χ4n) is 10.7. The van der Waals surface area contributed by atoms with E-state index in [1.165, 1.54) is 55.6 Å². The van der Waals surface area contributed by atoms with E-state index < -0.39 is 0 Å². The zero-order valence-corrected chi connectivity index (χ0v) is 45.9. The van der Waals surface area contributed by atoms with Gasteiger partial charge in [0.1, 0.15) is 0 Å². The molecule has 2 saturated heterocycles. The molecule has 12 nitrogen and oxygen atoms in total. The third-order valence-electron chi connectivity index (χ3n) is 15.1. The molecule has 0 spiro atoms. The van der Waals surface area contributed by atoms with Crippen LogP contribution in [0.15, 0.2) is 158 Å². The number of piperazine rings is 2. The van der Waals surface area contributed by atoms with E-state index in [1.54, 1.807) is 0 Å². The van der Waals surface area contributed by atoms with E-state index in [0.717, 1.165) is 88.5 Å². The van der Waals surface area contributed by atoms with Crippen LogP contribution in [0.3, 0.4) is 0 Å². The number of hydrogen-bond donors (Lipinski definition) is 0. The highest BCUT2D eigenvalue weighted by atomic mass is 15.6. The number of aryl methyl sites for hydroxylation is 4. The second-order valence-electron chi connectivity index (χ2n) is 21.1. The fourth-order valence-corrected chi connectivity index (χ4v) is 10.7. The Bertz CT molecular complexity index is 2870. The standard InChI is InChI=1S/2C32H38N6/c2*1-24(2)28-15-17-29(18-16-28)31(32-33-34-35-38(32)30-25(3)10-8-11-26(30)4)37-22-20-36(21-23-37)19-9-14-27-12-6-5-7-13-27/h2*5-18,24,31H,19-23H2,1-4H3/b2*14-9+/t2*31-/m10/s1. The lowest BCUT2D eigenvalue weighted by atomic mass is 9.97. The molecule has 0 unspecified atom stereocenters. The molecule has 6 aromatic carbocycles. The number of nitrogens with zero attached hydrogens (tertiary/aromatic N) is 12. The quantitative estimate of drug-likeness (QED) is 0.0930. The number of aromatic nitrogens is 8. The Morgan fingerprint density at radius 1 is 0.395 bits per heavy atom. The molecule has 0 saturated carbocycles. The predicted octanol–water partition coefficient (Wildman–Crippen LogP) is 11.6. The number of benzene rings is 6. The zero-order valence-electron chi connectivity index (χ0n) is 45.9. The van der Waals surface area contributed by atoms with Crippen LogP contribution in [0.5, 0.6) is 0 Å². The molecule has 76 heavy (non-hydrogen) atoms. The Labute approximate surface area is 451 Å². The van der Waals surface area contributed by atoms with Gasteiger partial charge < -0.3 is 0 Å². The van der Waals surface area contributed by atoms with Crippen LogP contribution in [-0.4, -0.2) is 125 Å². The van der Waals surface area contributed by atoms with Gasteiger partial charge in [-0.1, -0.05) is 198 Å². The molecule has 2 aliphatic heterocycles. The summed E-state index contributed by atoms with van der Waals surface area (Å²) in [5, 5.41) is 26.6. The summed E-state index contributed by atoms with van der Waals surface area (Å²) in [6, 6.07) is 51.7. The highest BCUT2D eigenvalue weighted by Gasteiger charge is 2.33. The molecule has 0 aliphatic carbocycles. The van der Waals surface area contributed by atoms with Crippen molar-refractivity contribution in [3.05, 3.63) is 225 Å². The highest BCUT2D eigenvalue weighted by molar-refractivity contribution is 5.51. The molecule has 0 N–H and O–H groups in total. The van der Waals surface area contributed by atoms with E-state index in [9.17, 15) is 0 Å². The van der Waals surface area contributed by atoms with Crippen LogP contribution in [0.4, 0.5) is 0 Å². The average molecular weight is 1010 g/mol. The topological polar surface area (TPSA) is 100 Å². The maximum atomic E-state index is 4.62. The molecule has 2 fully saturated rings. The molecule has 10 rings (SSSR count). The van der Waals surface area contributed by atoms with Gasteiger partial charge in [-0.15, -0.1) is 10.2 Å².